The average Bonchev–Trinajstić information content (AvgIpc) is 2.69. The highest BCUT2D eigenvalue weighted by molar-refractivity contribution is 7.52. The highest BCUT2D eigenvalue weighted by Gasteiger charge is 2.33. The first kappa shape index (κ1) is 23.5. The first-order chi connectivity index (χ1) is 14.1. The zero-order valence-corrected chi connectivity index (χ0v) is 18.1. The molecular weight excluding hydrogens is 411 g/mol. The van der Waals surface area contributed by atoms with Crippen molar-refractivity contribution in [2.75, 3.05) is 0 Å². The Morgan fingerprint density at radius 2 is 1.93 bits per heavy atom. The lowest BCUT2D eigenvalue weighted by Crippen LogP contribution is -2.36. The number of aryl methyl sites for hydroxylation is 1. The molecule has 1 unspecified atom stereocenters. The molecule has 0 spiro atoms. The molecule has 0 saturated heterocycles. The van der Waals surface area contributed by atoms with Gasteiger partial charge in [-0.1, -0.05) is 18.2 Å². The Morgan fingerprint density at radius 3 is 2.53 bits per heavy atom. The molecule has 0 amide bonds. The molecular formula is C20H25N2O7P. The largest absolute Gasteiger partial charge is 0.505 e. The fourth-order valence-electron chi connectivity index (χ4n) is 2.39. The first-order valence-corrected chi connectivity index (χ1v) is 10.8. The summed E-state index contributed by atoms with van der Waals surface area (Å²) in [5.41, 5.74) is 0.456. The van der Waals surface area contributed by atoms with E-state index in [2.05, 4.69) is 10.1 Å². The van der Waals surface area contributed by atoms with Gasteiger partial charge in [0.25, 0.3) is 0 Å². The standard InChI is InChI=1S/C20H25N2O7P/c1-13(2)28-20(25)15(4)22-30(26,29-17-8-6-5-7-9-17)27-12-16-10-21-14(3)19(24)18(16)11-23/h5-11,13,15,24H,12H2,1-4H3,(H,22,26)/t15-,30?/m0/s1. The number of esters is 1. The van der Waals surface area contributed by atoms with E-state index in [9.17, 15) is 19.3 Å². The lowest BCUT2D eigenvalue weighted by Gasteiger charge is -2.23. The molecule has 0 bridgehead atoms. The van der Waals surface area contributed by atoms with E-state index in [0.29, 0.717) is 6.29 Å². The number of carbonyl (C=O) groups is 2. The van der Waals surface area contributed by atoms with Crippen molar-refractivity contribution in [2.45, 2.75) is 46.4 Å². The van der Waals surface area contributed by atoms with Crippen LogP contribution in [-0.2, 0) is 25.2 Å². The van der Waals surface area contributed by atoms with Crippen LogP contribution in [0, 0.1) is 6.92 Å². The molecule has 0 fully saturated rings. The number of hydrogen-bond donors (Lipinski definition) is 2. The average molecular weight is 436 g/mol. The minimum Gasteiger partial charge on any atom is -0.505 e. The molecule has 162 valence electrons. The minimum absolute atomic E-state index is 0.0268. The number of aromatic hydroxyl groups is 1. The molecule has 0 aliphatic rings. The first-order valence-electron chi connectivity index (χ1n) is 9.25. The summed E-state index contributed by atoms with van der Waals surface area (Å²) in [5.74, 6) is -0.668. The zero-order valence-electron chi connectivity index (χ0n) is 17.2. The number of hydrogen-bond acceptors (Lipinski definition) is 8. The van der Waals surface area contributed by atoms with Gasteiger partial charge in [0.05, 0.1) is 24.0 Å². The molecule has 2 aromatic rings. The lowest BCUT2D eigenvalue weighted by atomic mass is 10.1. The Bertz CT molecular complexity index is 934. The van der Waals surface area contributed by atoms with E-state index in [-0.39, 0.29) is 41.0 Å². The Balaban J connectivity index is 2.25. The van der Waals surface area contributed by atoms with Gasteiger partial charge in [0.15, 0.2) is 6.29 Å². The summed E-state index contributed by atoms with van der Waals surface area (Å²) in [4.78, 5) is 27.5. The molecule has 1 heterocycles. The molecule has 2 N–H and O–H groups in total. The van der Waals surface area contributed by atoms with Crippen molar-refractivity contribution >= 4 is 20.0 Å². The number of aromatic nitrogens is 1. The van der Waals surface area contributed by atoms with Crippen LogP contribution in [0.1, 0.15) is 42.4 Å². The number of para-hydroxylation sites is 1. The second-order valence-corrected chi connectivity index (χ2v) is 8.45. The van der Waals surface area contributed by atoms with Crippen molar-refractivity contribution in [2.24, 2.45) is 0 Å². The highest BCUT2D eigenvalue weighted by atomic mass is 31.2. The predicted octanol–water partition coefficient (Wildman–Crippen LogP) is 3.54. The van der Waals surface area contributed by atoms with Gasteiger partial charge in [-0.25, -0.2) is 4.57 Å². The molecule has 30 heavy (non-hydrogen) atoms. The highest BCUT2D eigenvalue weighted by Crippen LogP contribution is 2.46. The Labute approximate surface area is 175 Å². The van der Waals surface area contributed by atoms with Crippen LogP contribution in [0.3, 0.4) is 0 Å². The quantitative estimate of drug-likeness (QED) is 0.327. The van der Waals surface area contributed by atoms with Crippen LogP contribution in [0.25, 0.3) is 0 Å². The molecule has 9 nitrogen and oxygen atoms in total. The fraction of sp³-hybridized carbons (Fsp3) is 0.350. The van der Waals surface area contributed by atoms with Gasteiger partial charge in [-0.2, -0.15) is 5.09 Å². The summed E-state index contributed by atoms with van der Waals surface area (Å²) >= 11 is 0. The van der Waals surface area contributed by atoms with Gasteiger partial charge in [0, 0.05) is 11.8 Å². The van der Waals surface area contributed by atoms with Crippen molar-refractivity contribution in [3.05, 3.63) is 53.3 Å². The number of nitrogens with zero attached hydrogens (tertiary/aromatic N) is 1. The predicted molar refractivity (Wildman–Crippen MR) is 109 cm³/mol. The van der Waals surface area contributed by atoms with Crippen LogP contribution in [0.2, 0.25) is 0 Å². The molecule has 0 aliphatic heterocycles. The molecule has 1 aromatic carbocycles. The van der Waals surface area contributed by atoms with Crippen molar-refractivity contribution in [1.29, 1.82) is 0 Å². The van der Waals surface area contributed by atoms with E-state index in [1.54, 1.807) is 51.1 Å². The summed E-state index contributed by atoms with van der Waals surface area (Å²) in [6, 6.07) is 7.27. The fourth-order valence-corrected chi connectivity index (χ4v) is 3.86. The number of pyridine rings is 1. The van der Waals surface area contributed by atoms with E-state index in [1.807, 2.05) is 0 Å². The van der Waals surface area contributed by atoms with Crippen LogP contribution in [0.4, 0.5) is 0 Å². The van der Waals surface area contributed by atoms with Crippen LogP contribution in [0.5, 0.6) is 11.5 Å². The van der Waals surface area contributed by atoms with Gasteiger partial charge in [0.1, 0.15) is 17.5 Å². The van der Waals surface area contributed by atoms with Crippen LogP contribution in [-0.4, -0.2) is 34.5 Å². The molecule has 0 radical (unpaired) electrons. The lowest BCUT2D eigenvalue weighted by molar-refractivity contribution is -0.149. The number of rotatable bonds is 10. The maximum absolute atomic E-state index is 13.4. The van der Waals surface area contributed by atoms with Crippen molar-refractivity contribution in [1.82, 2.24) is 10.1 Å². The van der Waals surface area contributed by atoms with Crippen molar-refractivity contribution in [3.8, 4) is 11.5 Å². The molecule has 10 heteroatoms. The monoisotopic (exact) mass is 436 g/mol. The third kappa shape index (κ3) is 6.38. The summed E-state index contributed by atoms with van der Waals surface area (Å²) in [6.07, 6.45) is 1.44. The smallest absolute Gasteiger partial charge is 0.459 e. The summed E-state index contributed by atoms with van der Waals surface area (Å²) in [6.45, 7) is 6.03. The second kappa shape index (κ2) is 10.3. The van der Waals surface area contributed by atoms with Gasteiger partial charge >= 0.3 is 13.7 Å². The molecule has 2 atom stereocenters. The number of aldehydes is 1. The third-order valence-electron chi connectivity index (χ3n) is 3.89. The van der Waals surface area contributed by atoms with Crippen LogP contribution >= 0.6 is 7.75 Å². The van der Waals surface area contributed by atoms with E-state index in [4.69, 9.17) is 13.8 Å². The maximum atomic E-state index is 13.4. The van der Waals surface area contributed by atoms with Gasteiger partial charge in [-0.05, 0) is 39.8 Å². The number of benzene rings is 1. The summed E-state index contributed by atoms with van der Waals surface area (Å²) in [7, 11) is -4.09. The Kier molecular flexibility index (Phi) is 8.11. The second-order valence-electron chi connectivity index (χ2n) is 6.76. The van der Waals surface area contributed by atoms with E-state index in [1.165, 1.54) is 13.1 Å². The van der Waals surface area contributed by atoms with Gasteiger partial charge < -0.3 is 14.4 Å². The molecule has 0 aliphatic carbocycles. The number of nitrogens with one attached hydrogen (secondary N) is 1. The zero-order chi connectivity index (χ0) is 22.3. The number of carbonyl (C=O) groups excluding carboxylic acids is 2. The van der Waals surface area contributed by atoms with Gasteiger partial charge in [0.2, 0.25) is 0 Å². The van der Waals surface area contributed by atoms with Crippen LogP contribution in [0.15, 0.2) is 36.5 Å². The number of ether oxygens (including phenoxy) is 1. The summed E-state index contributed by atoms with van der Waals surface area (Å²) in [5, 5.41) is 12.6. The molecule has 0 saturated carbocycles. The summed E-state index contributed by atoms with van der Waals surface area (Å²) < 4.78 is 29.5. The van der Waals surface area contributed by atoms with E-state index in [0.717, 1.165) is 0 Å². The van der Waals surface area contributed by atoms with E-state index >= 15 is 0 Å². The topological polar surface area (TPSA) is 124 Å². The SMILES string of the molecule is Cc1ncc(COP(=O)(N[C@@H](C)C(=O)OC(C)C)Oc2ccccc2)c(C=O)c1O. The third-order valence-corrected chi connectivity index (χ3v) is 5.52. The normalized spacial score (nSPS) is 14.0. The van der Waals surface area contributed by atoms with Gasteiger partial charge in [-0.3, -0.25) is 19.1 Å². The van der Waals surface area contributed by atoms with Crippen LogP contribution < -0.4 is 9.61 Å². The van der Waals surface area contributed by atoms with Crippen molar-refractivity contribution < 1.29 is 33.0 Å². The Hall–Kier alpha value is -2.74. The van der Waals surface area contributed by atoms with Gasteiger partial charge in [-0.15, -0.1) is 0 Å². The van der Waals surface area contributed by atoms with Crippen molar-refractivity contribution in [3.63, 3.8) is 0 Å². The van der Waals surface area contributed by atoms with E-state index < -0.39 is 19.8 Å². The molecule has 2 rings (SSSR count). The molecule has 1 aromatic heterocycles. The maximum Gasteiger partial charge on any atom is 0.459 e. The minimum atomic E-state index is -4.09. The Morgan fingerprint density at radius 1 is 1.27 bits per heavy atom.